The van der Waals surface area contributed by atoms with Crippen LogP contribution in [0.4, 0.5) is 0 Å². The average Bonchev–Trinajstić information content (AvgIpc) is 3.38. The number of likely N-dealkylation sites (tertiary alicyclic amines) is 2. The highest BCUT2D eigenvalue weighted by atomic mass is 16.5. The van der Waals surface area contributed by atoms with Crippen molar-refractivity contribution >= 4 is 5.96 Å². The lowest BCUT2D eigenvalue weighted by Gasteiger charge is -2.25. The summed E-state index contributed by atoms with van der Waals surface area (Å²) in [4.78, 5) is 9.95. The summed E-state index contributed by atoms with van der Waals surface area (Å²) in [7, 11) is 0. The Labute approximate surface area is 152 Å². The molecule has 0 saturated carbocycles. The maximum Gasteiger partial charge on any atom is 0.193 e. The van der Waals surface area contributed by atoms with E-state index >= 15 is 0 Å². The molecule has 2 atom stereocenters. The lowest BCUT2D eigenvalue weighted by atomic mass is 10.1. The fraction of sp³-hybridized carbons (Fsp3) is 0.947. The highest BCUT2D eigenvalue weighted by Gasteiger charge is 2.30. The maximum absolute atomic E-state index is 5.78. The molecule has 144 valence electrons. The Balaban J connectivity index is 1.35. The Morgan fingerprint density at radius 1 is 1.24 bits per heavy atom. The minimum absolute atomic E-state index is 0.605. The molecule has 0 spiro atoms. The molecule has 6 nitrogen and oxygen atoms in total. The van der Waals surface area contributed by atoms with E-state index in [-0.39, 0.29) is 0 Å². The van der Waals surface area contributed by atoms with Gasteiger partial charge in [0, 0.05) is 51.4 Å². The fourth-order valence-corrected chi connectivity index (χ4v) is 4.08. The molecule has 0 amide bonds. The largest absolute Gasteiger partial charge is 0.381 e. The van der Waals surface area contributed by atoms with Gasteiger partial charge >= 0.3 is 0 Å². The predicted octanol–water partition coefficient (Wildman–Crippen LogP) is 1.57. The first kappa shape index (κ1) is 18.9. The van der Waals surface area contributed by atoms with Crippen molar-refractivity contribution < 1.29 is 9.47 Å². The van der Waals surface area contributed by atoms with E-state index in [4.69, 9.17) is 14.5 Å². The molecular formula is C19H36N4O2. The summed E-state index contributed by atoms with van der Waals surface area (Å²) in [6, 6.07) is 0.725. The summed E-state index contributed by atoms with van der Waals surface area (Å²) >= 11 is 0. The Bertz CT molecular complexity index is 406. The van der Waals surface area contributed by atoms with Crippen LogP contribution in [0.15, 0.2) is 4.99 Å². The van der Waals surface area contributed by atoms with E-state index < -0.39 is 0 Å². The van der Waals surface area contributed by atoms with Gasteiger partial charge in [-0.05, 0) is 52.1 Å². The first-order valence-electron chi connectivity index (χ1n) is 10.3. The third-order valence-electron chi connectivity index (χ3n) is 5.54. The highest BCUT2D eigenvalue weighted by molar-refractivity contribution is 5.80. The van der Waals surface area contributed by atoms with Crippen molar-refractivity contribution in [2.24, 2.45) is 10.9 Å². The zero-order valence-electron chi connectivity index (χ0n) is 15.9. The smallest absolute Gasteiger partial charge is 0.193 e. The first-order valence-corrected chi connectivity index (χ1v) is 10.3. The molecule has 3 aliphatic heterocycles. The average molecular weight is 353 g/mol. The van der Waals surface area contributed by atoms with Crippen LogP contribution in [0.3, 0.4) is 0 Å². The molecular weight excluding hydrogens is 316 g/mol. The van der Waals surface area contributed by atoms with Gasteiger partial charge in [-0.25, -0.2) is 0 Å². The van der Waals surface area contributed by atoms with E-state index in [1.807, 2.05) is 0 Å². The summed E-state index contributed by atoms with van der Waals surface area (Å²) in [6.07, 6.45) is 6.16. The second-order valence-corrected chi connectivity index (χ2v) is 7.53. The number of rotatable bonds is 8. The molecule has 3 rings (SSSR count). The molecule has 3 heterocycles. The van der Waals surface area contributed by atoms with Crippen molar-refractivity contribution in [2.45, 2.75) is 45.1 Å². The third-order valence-corrected chi connectivity index (χ3v) is 5.54. The molecule has 25 heavy (non-hydrogen) atoms. The Morgan fingerprint density at radius 2 is 2.12 bits per heavy atom. The molecule has 3 aliphatic rings. The maximum atomic E-state index is 5.78. The number of ether oxygens (including phenoxy) is 2. The van der Waals surface area contributed by atoms with E-state index in [2.05, 4.69) is 22.0 Å². The molecule has 3 fully saturated rings. The van der Waals surface area contributed by atoms with Crippen LogP contribution >= 0.6 is 0 Å². The van der Waals surface area contributed by atoms with Crippen LogP contribution in [0.1, 0.15) is 39.0 Å². The van der Waals surface area contributed by atoms with Gasteiger partial charge in [0.1, 0.15) is 0 Å². The Hall–Kier alpha value is -0.850. The number of guanidine groups is 1. The zero-order chi connectivity index (χ0) is 17.3. The Kier molecular flexibility index (Phi) is 7.82. The second kappa shape index (κ2) is 10.3. The molecule has 1 N–H and O–H groups in total. The molecule has 0 aromatic heterocycles. The lowest BCUT2D eigenvalue weighted by molar-refractivity contribution is 0.0893. The second-order valence-electron chi connectivity index (χ2n) is 7.53. The lowest BCUT2D eigenvalue weighted by Crippen LogP contribution is -2.42. The van der Waals surface area contributed by atoms with Crippen LogP contribution in [0, 0.1) is 5.92 Å². The summed E-state index contributed by atoms with van der Waals surface area (Å²) in [5.41, 5.74) is 0. The molecule has 2 unspecified atom stereocenters. The third kappa shape index (κ3) is 5.83. The molecule has 3 saturated heterocycles. The van der Waals surface area contributed by atoms with Gasteiger partial charge in [-0.3, -0.25) is 9.89 Å². The van der Waals surface area contributed by atoms with Crippen LogP contribution in [0.25, 0.3) is 0 Å². The number of nitrogens with one attached hydrogen (secondary N) is 1. The van der Waals surface area contributed by atoms with Crippen molar-refractivity contribution in [3.63, 3.8) is 0 Å². The first-order chi connectivity index (χ1) is 12.4. The molecule has 0 bridgehead atoms. The Morgan fingerprint density at radius 3 is 2.88 bits per heavy atom. The van der Waals surface area contributed by atoms with Crippen LogP contribution < -0.4 is 5.32 Å². The standard InChI is InChI=1S/C19H36N4O2/c1-2-20-19(21-8-5-12-24-15-17-7-13-25-16-17)23-11-6-18(14-23)22-9-3-4-10-22/h17-18H,2-16H2,1H3,(H,20,21). The number of hydrogen-bond acceptors (Lipinski definition) is 4. The quantitative estimate of drug-likeness (QED) is 0.408. The van der Waals surface area contributed by atoms with Crippen molar-refractivity contribution in [1.29, 1.82) is 0 Å². The van der Waals surface area contributed by atoms with Crippen molar-refractivity contribution in [3.8, 4) is 0 Å². The minimum Gasteiger partial charge on any atom is -0.381 e. The van der Waals surface area contributed by atoms with E-state index in [9.17, 15) is 0 Å². The van der Waals surface area contributed by atoms with Gasteiger partial charge in [-0.1, -0.05) is 0 Å². The van der Waals surface area contributed by atoms with E-state index in [1.165, 1.54) is 32.4 Å². The van der Waals surface area contributed by atoms with Gasteiger partial charge in [-0.2, -0.15) is 0 Å². The van der Waals surface area contributed by atoms with E-state index in [1.54, 1.807) is 0 Å². The summed E-state index contributed by atoms with van der Waals surface area (Å²) < 4.78 is 11.2. The molecule has 0 aliphatic carbocycles. The van der Waals surface area contributed by atoms with E-state index in [0.29, 0.717) is 5.92 Å². The van der Waals surface area contributed by atoms with Crippen LogP contribution in [0.5, 0.6) is 0 Å². The number of hydrogen-bond donors (Lipinski definition) is 1. The van der Waals surface area contributed by atoms with Crippen molar-refractivity contribution in [3.05, 3.63) is 0 Å². The normalized spacial score (nSPS) is 28.2. The van der Waals surface area contributed by atoms with Crippen molar-refractivity contribution in [1.82, 2.24) is 15.1 Å². The highest BCUT2D eigenvalue weighted by Crippen LogP contribution is 2.20. The monoisotopic (exact) mass is 352 g/mol. The van der Waals surface area contributed by atoms with Gasteiger partial charge in [0.15, 0.2) is 5.96 Å². The molecule has 0 aromatic carbocycles. The van der Waals surface area contributed by atoms with Gasteiger partial charge < -0.3 is 19.7 Å². The zero-order valence-corrected chi connectivity index (χ0v) is 15.9. The SMILES string of the molecule is CCNC(=NCCCOCC1CCOC1)N1CCC(N2CCCC2)C1. The van der Waals surface area contributed by atoms with Crippen LogP contribution in [-0.2, 0) is 9.47 Å². The summed E-state index contributed by atoms with van der Waals surface area (Å²) in [5.74, 6) is 1.70. The number of aliphatic imine (C=N–C) groups is 1. The fourth-order valence-electron chi connectivity index (χ4n) is 4.08. The number of nitrogens with zero attached hydrogens (tertiary/aromatic N) is 3. The molecule has 0 aromatic rings. The summed E-state index contributed by atoms with van der Waals surface area (Å²) in [6.45, 7) is 12.2. The molecule has 0 radical (unpaired) electrons. The van der Waals surface area contributed by atoms with Gasteiger partial charge in [-0.15, -0.1) is 0 Å². The topological polar surface area (TPSA) is 49.3 Å². The van der Waals surface area contributed by atoms with Gasteiger partial charge in [0.05, 0.1) is 13.2 Å². The summed E-state index contributed by atoms with van der Waals surface area (Å²) in [5, 5.41) is 3.47. The van der Waals surface area contributed by atoms with Crippen LogP contribution in [-0.4, -0.2) is 87.5 Å². The van der Waals surface area contributed by atoms with Crippen LogP contribution in [0.2, 0.25) is 0 Å². The van der Waals surface area contributed by atoms with E-state index in [0.717, 1.165) is 77.4 Å². The minimum atomic E-state index is 0.605. The predicted molar refractivity (Wildman–Crippen MR) is 101 cm³/mol. The van der Waals surface area contributed by atoms with Crippen molar-refractivity contribution in [2.75, 3.05) is 65.7 Å². The van der Waals surface area contributed by atoms with Gasteiger partial charge in [0.2, 0.25) is 0 Å². The molecule has 6 heteroatoms. The van der Waals surface area contributed by atoms with Gasteiger partial charge in [0.25, 0.3) is 0 Å².